The summed E-state index contributed by atoms with van der Waals surface area (Å²) in [5.41, 5.74) is 0.772. The van der Waals surface area contributed by atoms with Crippen molar-refractivity contribution in [3.05, 3.63) is 46.4 Å². The second kappa shape index (κ2) is 12.2. The summed E-state index contributed by atoms with van der Waals surface area (Å²) in [7, 11) is 0. The van der Waals surface area contributed by atoms with Gasteiger partial charge < -0.3 is 20.8 Å². The summed E-state index contributed by atoms with van der Waals surface area (Å²) in [6, 6.07) is 7.94. The zero-order valence-electron chi connectivity index (χ0n) is 16.4. The highest BCUT2D eigenvalue weighted by atomic mass is 32.1. The number of hydrogen-bond donors (Lipinski definition) is 4. The van der Waals surface area contributed by atoms with Crippen LogP contribution in [0.1, 0.15) is 33.4 Å². The van der Waals surface area contributed by atoms with Crippen LogP contribution in [-0.2, 0) is 9.59 Å². The maximum absolute atomic E-state index is 12.1. The van der Waals surface area contributed by atoms with Gasteiger partial charge in [-0.3, -0.25) is 9.78 Å². The lowest BCUT2D eigenvalue weighted by atomic mass is 10.2. The van der Waals surface area contributed by atoms with Crippen molar-refractivity contribution < 1.29 is 50.9 Å². The van der Waals surface area contributed by atoms with E-state index in [1.807, 2.05) is 6.07 Å². The highest BCUT2D eigenvalue weighted by Gasteiger charge is 2.38. The molecule has 8 nitrogen and oxygen atoms in total. The predicted octanol–water partition coefficient (Wildman–Crippen LogP) is 4.09. The largest absolute Gasteiger partial charge is 0.490 e. The van der Waals surface area contributed by atoms with Gasteiger partial charge in [0.05, 0.1) is 4.88 Å². The molecule has 1 saturated heterocycles. The molecular formula is C18H17F6N3O5S. The smallest absolute Gasteiger partial charge is 0.475 e. The van der Waals surface area contributed by atoms with Crippen LogP contribution < -0.4 is 10.6 Å². The molecule has 1 amide bonds. The molecule has 0 aliphatic carbocycles. The fourth-order valence-electron chi connectivity index (χ4n) is 2.22. The van der Waals surface area contributed by atoms with Gasteiger partial charge in [0.25, 0.3) is 5.91 Å². The normalized spacial score (nSPS) is 15.4. The number of carboxylic acids is 2. The summed E-state index contributed by atoms with van der Waals surface area (Å²) < 4.78 is 63.5. The average Bonchev–Trinajstić information content (AvgIpc) is 3.40. The van der Waals surface area contributed by atoms with Crippen LogP contribution in [0.4, 0.5) is 32.0 Å². The number of rotatable bonds is 3. The lowest BCUT2D eigenvalue weighted by Crippen LogP contribution is -2.21. The predicted molar refractivity (Wildman–Crippen MR) is 104 cm³/mol. The maximum atomic E-state index is 12.1. The number of hydrogen-bond acceptors (Lipinski definition) is 6. The number of nitrogens with zero attached hydrogens (tertiary/aromatic N) is 1. The molecule has 1 atom stereocenters. The number of carbonyl (C=O) groups excluding carboxylic acids is 1. The molecular weight excluding hydrogens is 484 g/mol. The number of halogens is 6. The number of thiophene rings is 1. The Morgan fingerprint density at radius 2 is 1.48 bits per heavy atom. The highest BCUT2D eigenvalue weighted by Crippen LogP contribution is 2.29. The van der Waals surface area contributed by atoms with Gasteiger partial charge in [-0.05, 0) is 43.7 Å². The minimum atomic E-state index is -5.08. The van der Waals surface area contributed by atoms with Crippen LogP contribution in [0, 0.1) is 0 Å². The van der Waals surface area contributed by atoms with Crippen LogP contribution >= 0.6 is 11.3 Å². The van der Waals surface area contributed by atoms with Gasteiger partial charge in [-0.25, -0.2) is 9.59 Å². The first kappa shape index (κ1) is 27.8. The van der Waals surface area contributed by atoms with Gasteiger partial charge in [0.2, 0.25) is 0 Å². The number of carbonyl (C=O) groups is 3. The molecule has 2 aromatic rings. The van der Waals surface area contributed by atoms with Crippen molar-refractivity contribution in [2.45, 2.75) is 31.2 Å². The third-order valence-electron chi connectivity index (χ3n) is 3.68. The Morgan fingerprint density at radius 3 is 1.91 bits per heavy atom. The first-order valence-corrected chi connectivity index (χ1v) is 9.68. The molecule has 15 heteroatoms. The summed E-state index contributed by atoms with van der Waals surface area (Å²) in [5, 5.41) is 20.6. The number of amides is 1. The molecule has 4 N–H and O–H groups in total. The van der Waals surface area contributed by atoms with Gasteiger partial charge in [0.1, 0.15) is 0 Å². The topological polar surface area (TPSA) is 129 Å². The Morgan fingerprint density at radius 1 is 0.970 bits per heavy atom. The molecule has 33 heavy (non-hydrogen) atoms. The van der Waals surface area contributed by atoms with Gasteiger partial charge in [0, 0.05) is 29.0 Å². The van der Waals surface area contributed by atoms with Crippen LogP contribution in [0.25, 0.3) is 0 Å². The minimum absolute atomic E-state index is 0.0551. The monoisotopic (exact) mass is 501 g/mol. The molecule has 1 aliphatic rings. The molecule has 0 bridgehead atoms. The van der Waals surface area contributed by atoms with Crippen LogP contribution in [0.3, 0.4) is 0 Å². The summed E-state index contributed by atoms with van der Waals surface area (Å²) in [5.74, 6) is -5.57. The van der Waals surface area contributed by atoms with Crippen LogP contribution in [-0.4, -0.2) is 51.9 Å². The van der Waals surface area contributed by atoms with E-state index in [4.69, 9.17) is 19.8 Å². The second-order valence-corrected chi connectivity index (χ2v) is 7.26. The van der Waals surface area contributed by atoms with Crippen molar-refractivity contribution in [3.63, 3.8) is 0 Å². The number of pyridine rings is 1. The number of aliphatic carboxylic acids is 2. The number of carboxylic acid groups (broad SMARTS) is 2. The lowest BCUT2D eigenvalue weighted by molar-refractivity contribution is -0.193. The maximum Gasteiger partial charge on any atom is 0.490 e. The molecule has 1 unspecified atom stereocenters. The molecule has 3 heterocycles. The Balaban J connectivity index is 0.000000324. The fourth-order valence-corrected chi connectivity index (χ4v) is 3.23. The van der Waals surface area contributed by atoms with Gasteiger partial charge in [-0.2, -0.15) is 26.3 Å². The first-order valence-electron chi connectivity index (χ1n) is 8.86. The quantitative estimate of drug-likeness (QED) is 0.467. The molecule has 2 aromatic heterocycles. The van der Waals surface area contributed by atoms with E-state index in [0.29, 0.717) is 6.04 Å². The van der Waals surface area contributed by atoms with E-state index in [1.165, 1.54) is 11.3 Å². The Hall–Kier alpha value is -3.20. The van der Waals surface area contributed by atoms with Crippen molar-refractivity contribution in [1.82, 2.24) is 10.3 Å². The molecule has 3 rings (SSSR count). The Labute approximate surface area is 186 Å². The van der Waals surface area contributed by atoms with Gasteiger partial charge >= 0.3 is 24.3 Å². The van der Waals surface area contributed by atoms with Gasteiger partial charge in [-0.1, -0.05) is 0 Å². The third-order valence-corrected chi connectivity index (χ3v) is 4.88. The fraction of sp³-hybridized carbons (Fsp3) is 0.333. The van der Waals surface area contributed by atoms with Crippen molar-refractivity contribution >= 4 is 34.9 Å². The molecule has 0 saturated carbocycles. The zero-order chi connectivity index (χ0) is 25.2. The molecule has 0 radical (unpaired) electrons. The van der Waals surface area contributed by atoms with Crippen LogP contribution in [0.5, 0.6) is 0 Å². The van der Waals surface area contributed by atoms with E-state index in [0.717, 1.165) is 23.5 Å². The molecule has 1 fully saturated rings. The summed E-state index contributed by atoms with van der Waals surface area (Å²) in [6.45, 7) is 1.07. The van der Waals surface area contributed by atoms with E-state index >= 15 is 0 Å². The standard InChI is InChI=1S/C14H15N3OS.2C2HF3O2/c18-14(17-10-5-8-15-9-6-10)13-4-3-12(19-13)11-2-1-7-16-11;2*3-2(4,5)1(6)7/h3-6,8-9,11,16H,1-2,7H2,(H,15,17,18);2*(H,6,7). The highest BCUT2D eigenvalue weighted by molar-refractivity contribution is 7.14. The van der Waals surface area contributed by atoms with Crippen molar-refractivity contribution in [3.8, 4) is 0 Å². The number of nitrogens with one attached hydrogen (secondary N) is 2. The summed E-state index contributed by atoms with van der Waals surface area (Å²) in [6.07, 6.45) is -4.47. The Kier molecular flexibility index (Phi) is 10.2. The van der Waals surface area contributed by atoms with Gasteiger partial charge in [-0.15, -0.1) is 11.3 Å². The summed E-state index contributed by atoms with van der Waals surface area (Å²) >= 11 is 1.57. The van der Waals surface area contributed by atoms with Crippen LogP contribution in [0.2, 0.25) is 0 Å². The average molecular weight is 501 g/mol. The number of anilines is 1. The van der Waals surface area contributed by atoms with E-state index in [-0.39, 0.29) is 5.91 Å². The number of aromatic nitrogens is 1. The van der Waals surface area contributed by atoms with E-state index in [9.17, 15) is 31.1 Å². The lowest BCUT2D eigenvalue weighted by Gasteiger charge is -2.06. The third kappa shape index (κ3) is 10.3. The summed E-state index contributed by atoms with van der Waals surface area (Å²) in [4.78, 5) is 35.8. The zero-order valence-corrected chi connectivity index (χ0v) is 17.2. The van der Waals surface area contributed by atoms with Crippen molar-refractivity contribution in [2.75, 3.05) is 11.9 Å². The molecule has 0 spiro atoms. The first-order chi connectivity index (χ1) is 15.2. The minimum Gasteiger partial charge on any atom is -0.475 e. The van der Waals surface area contributed by atoms with E-state index < -0.39 is 24.3 Å². The second-order valence-electron chi connectivity index (χ2n) is 6.15. The van der Waals surface area contributed by atoms with Crippen LogP contribution in [0.15, 0.2) is 36.7 Å². The van der Waals surface area contributed by atoms with Crippen molar-refractivity contribution in [1.29, 1.82) is 0 Å². The molecule has 1 aliphatic heterocycles. The van der Waals surface area contributed by atoms with Crippen molar-refractivity contribution in [2.24, 2.45) is 0 Å². The Bertz CT molecular complexity index is 904. The molecule has 182 valence electrons. The molecule has 0 aromatic carbocycles. The van der Waals surface area contributed by atoms with E-state index in [2.05, 4.69) is 21.7 Å². The van der Waals surface area contributed by atoms with Gasteiger partial charge in [0.15, 0.2) is 0 Å². The number of alkyl halides is 6. The van der Waals surface area contributed by atoms with E-state index in [1.54, 1.807) is 35.9 Å². The SMILES string of the molecule is O=C(Nc1ccncc1)c1ccc(C2CCCN2)s1.O=C(O)C(F)(F)F.O=C(O)C(F)(F)F.